The van der Waals surface area contributed by atoms with Crippen molar-refractivity contribution in [3.63, 3.8) is 0 Å². The summed E-state index contributed by atoms with van der Waals surface area (Å²) in [5, 5.41) is 0. The molecule has 1 aliphatic carbocycles. The van der Waals surface area contributed by atoms with Crippen molar-refractivity contribution in [2.24, 2.45) is 0 Å². The second-order valence-electron chi connectivity index (χ2n) is 3.59. The Kier molecular flexibility index (Phi) is 5.23. The van der Waals surface area contributed by atoms with Crippen molar-refractivity contribution in [3.8, 4) is 0 Å². The summed E-state index contributed by atoms with van der Waals surface area (Å²) >= 11 is 0. The monoisotopic (exact) mass is 178 g/mol. The zero-order valence-corrected chi connectivity index (χ0v) is 8.17. The number of allylic oxidation sites excluding steroid dienone is 4. The molecule has 1 rings (SSSR count). The number of hydrogen-bond donors (Lipinski definition) is 0. The molecule has 13 heavy (non-hydrogen) atoms. The van der Waals surface area contributed by atoms with Gasteiger partial charge in [0, 0.05) is 0 Å². The third-order valence-electron chi connectivity index (χ3n) is 2.43. The molecule has 0 radical (unpaired) electrons. The standard InChI is InChI=1S/C12H18O/c13-11-12-9-7-5-3-1-2-4-6-8-10-12/h5,7,9,11H,1-4,6,8,10H2/b7-5-,12-9+. The summed E-state index contributed by atoms with van der Waals surface area (Å²) in [6, 6.07) is 0. The molecule has 0 spiro atoms. The van der Waals surface area contributed by atoms with Crippen molar-refractivity contribution in [2.45, 2.75) is 44.9 Å². The van der Waals surface area contributed by atoms with Gasteiger partial charge in [-0.1, -0.05) is 37.5 Å². The summed E-state index contributed by atoms with van der Waals surface area (Å²) in [6.45, 7) is 0. The average Bonchev–Trinajstić information content (AvgIpc) is 2.22. The summed E-state index contributed by atoms with van der Waals surface area (Å²) in [5.74, 6) is 0. The van der Waals surface area contributed by atoms with Crippen LogP contribution in [0.25, 0.3) is 0 Å². The second kappa shape index (κ2) is 6.64. The van der Waals surface area contributed by atoms with Gasteiger partial charge in [0.2, 0.25) is 0 Å². The maximum absolute atomic E-state index is 10.6. The van der Waals surface area contributed by atoms with Crippen LogP contribution in [0, 0.1) is 0 Å². The molecule has 0 saturated carbocycles. The average molecular weight is 178 g/mol. The smallest absolute Gasteiger partial charge is 0.146 e. The van der Waals surface area contributed by atoms with Crippen LogP contribution in [0.5, 0.6) is 0 Å². The van der Waals surface area contributed by atoms with Crippen molar-refractivity contribution in [1.82, 2.24) is 0 Å². The third kappa shape index (κ3) is 4.66. The number of aldehydes is 1. The zero-order valence-electron chi connectivity index (χ0n) is 8.17. The van der Waals surface area contributed by atoms with Crippen LogP contribution in [0.4, 0.5) is 0 Å². The molecule has 1 heteroatoms. The van der Waals surface area contributed by atoms with Gasteiger partial charge in [-0.25, -0.2) is 0 Å². The second-order valence-corrected chi connectivity index (χ2v) is 3.59. The van der Waals surface area contributed by atoms with Crippen molar-refractivity contribution in [1.29, 1.82) is 0 Å². The van der Waals surface area contributed by atoms with Crippen molar-refractivity contribution < 1.29 is 4.79 Å². The Hall–Kier alpha value is -0.850. The highest BCUT2D eigenvalue weighted by molar-refractivity contribution is 5.73. The summed E-state index contributed by atoms with van der Waals surface area (Å²) < 4.78 is 0. The fourth-order valence-corrected chi connectivity index (χ4v) is 1.59. The molecule has 0 unspecified atom stereocenters. The molecule has 0 aromatic rings. The van der Waals surface area contributed by atoms with Crippen LogP contribution >= 0.6 is 0 Å². The van der Waals surface area contributed by atoms with Gasteiger partial charge in [-0.3, -0.25) is 4.79 Å². The Morgan fingerprint density at radius 1 is 1.08 bits per heavy atom. The molecule has 72 valence electrons. The molecular weight excluding hydrogens is 160 g/mol. The molecule has 0 amide bonds. The van der Waals surface area contributed by atoms with E-state index in [-0.39, 0.29) is 0 Å². The molecule has 0 atom stereocenters. The quantitative estimate of drug-likeness (QED) is 0.562. The SMILES string of the molecule is O=C/C1=C/C=C\CCCCCCC1. The van der Waals surface area contributed by atoms with Gasteiger partial charge < -0.3 is 0 Å². The molecule has 1 nitrogen and oxygen atoms in total. The fourth-order valence-electron chi connectivity index (χ4n) is 1.59. The van der Waals surface area contributed by atoms with E-state index in [0.29, 0.717) is 0 Å². The minimum Gasteiger partial charge on any atom is -0.298 e. The van der Waals surface area contributed by atoms with Gasteiger partial charge >= 0.3 is 0 Å². The van der Waals surface area contributed by atoms with Crippen LogP contribution in [0.15, 0.2) is 23.8 Å². The largest absolute Gasteiger partial charge is 0.298 e. The van der Waals surface area contributed by atoms with Crippen molar-refractivity contribution in [3.05, 3.63) is 23.8 Å². The minimum atomic E-state index is 0.943. The van der Waals surface area contributed by atoms with E-state index in [9.17, 15) is 4.79 Å². The lowest BCUT2D eigenvalue weighted by Gasteiger charge is -1.99. The molecule has 0 heterocycles. The Morgan fingerprint density at radius 2 is 1.85 bits per heavy atom. The van der Waals surface area contributed by atoms with Crippen molar-refractivity contribution in [2.75, 3.05) is 0 Å². The lowest BCUT2D eigenvalue weighted by molar-refractivity contribution is -0.105. The first-order valence-electron chi connectivity index (χ1n) is 5.24. The van der Waals surface area contributed by atoms with E-state index in [4.69, 9.17) is 0 Å². The van der Waals surface area contributed by atoms with E-state index in [1.165, 1.54) is 32.1 Å². The van der Waals surface area contributed by atoms with Gasteiger partial charge in [-0.15, -0.1) is 0 Å². The third-order valence-corrected chi connectivity index (χ3v) is 2.43. The summed E-state index contributed by atoms with van der Waals surface area (Å²) in [4.78, 5) is 10.6. The highest BCUT2D eigenvalue weighted by Gasteiger charge is 1.96. The van der Waals surface area contributed by atoms with Crippen LogP contribution in [-0.4, -0.2) is 6.29 Å². The van der Waals surface area contributed by atoms with E-state index in [1.54, 1.807) is 0 Å². The van der Waals surface area contributed by atoms with Crippen LogP contribution < -0.4 is 0 Å². The van der Waals surface area contributed by atoms with E-state index >= 15 is 0 Å². The minimum absolute atomic E-state index is 0.943. The number of hydrogen-bond acceptors (Lipinski definition) is 1. The molecule has 0 saturated heterocycles. The first-order valence-corrected chi connectivity index (χ1v) is 5.24. The molecule has 1 aliphatic rings. The lowest BCUT2D eigenvalue weighted by Crippen LogP contribution is -1.85. The summed E-state index contributed by atoms with van der Waals surface area (Å²) in [5.41, 5.74) is 0.943. The van der Waals surface area contributed by atoms with E-state index in [1.807, 2.05) is 12.2 Å². The van der Waals surface area contributed by atoms with Gasteiger partial charge in [0.15, 0.2) is 0 Å². The van der Waals surface area contributed by atoms with E-state index in [0.717, 1.165) is 24.7 Å². The number of carbonyl (C=O) groups excluding carboxylic acids is 1. The molecule has 0 bridgehead atoms. The Bertz CT molecular complexity index is 201. The van der Waals surface area contributed by atoms with E-state index in [2.05, 4.69) is 6.08 Å². The molecule has 0 aromatic heterocycles. The predicted molar refractivity (Wildman–Crippen MR) is 55.6 cm³/mol. The van der Waals surface area contributed by atoms with Gasteiger partial charge in [-0.2, -0.15) is 0 Å². The normalized spacial score (nSPS) is 26.6. The van der Waals surface area contributed by atoms with E-state index < -0.39 is 0 Å². The van der Waals surface area contributed by atoms with Gasteiger partial charge in [-0.05, 0) is 31.3 Å². The maximum Gasteiger partial charge on any atom is 0.146 e. The molecule has 0 fully saturated rings. The lowest BCUT2D eigenvalue weighted by atomic mass is 10.1. The van der Waals surface area contributed by atoms with Crippen molar-refractivity contribution >= 4 is 6.29 Å². The van der Waals surface area contributed by atoms with Gasteiger partial charge in [0.1, 0.15) is 6.29 Å². The Morgan fingerprint density at radius 3 is 2.69 bits per heavy atom. The Labute approximate surface area is 80.5 Å². The molecule has 0 aliphatic heterocycles. The maximum atomic E-state index is 10.6. The Balaban J connectivity index is 2.46. The number of rotatable bonds is 1. The number of carbonyl (C=O) groups is 1. The summed E-state index contributed by atoms with van der Waals surface area (Å²) in [7, 11) is 0. The fraction of sp³-hybridized carbons (Fsp3) is 0.583. The van der Waals surface area contributed by atoms with Crippen LogP contribution in [0.3, 0.4) is 0 Å². The highest BCUT2D eigenvalue weighted by atomic mass is 16.1. The summed E-state index contributed by atoms with van der Waals surface area (Å²) in [6.07, 6.45) is 15.6. The highest BCUT2D eigenvalue weighted by Crippen LogP contribution is 2.12. The van der Waals surface area contributed by atoms with Gasteiger partial charge in [0.25, 0.3) is 0 Å². The predicted octanol–water partition coefficient (Wildman–Crippen LogP) is 3.41. The first-order chi connectivity index (χ1) is 6.43. The molecular formula is C12H18O. The van der Waals surface area contributed by atoms with Crippen LogP contribution in [0.1, 0.15) is 44.9 Å². The van der Waals surface area contributed by atoms with Crippen LogP contribution in [-0.2, 0) is 4.79 Å². The molecule has 0 aromatic carbocycles. The van der Waals surface area contributed by atoms with Crippen LogP contribution in [0.2, 0.25) is 0 Å². The zero-order chi connectivity index (χ0) is 9.36. The molecule has 0 N–H and O–H groups in total. The first kappa shape index (κ1) is 10.2. The van der Waals surface area contributed by atoms with Gasteiger partial charge in [0.05, 0.1) is 0 Å². The topological polar surface area (TPSA) is 17.1 Å².